The van der Waals surface area contributed by atoms with Gasteiger partial charge in [-0.25, -0.2) is 9.79 Å². The smallest absolute Gasteiger partial charge is 0.359 e. The van der Waals surface area contributed by atoms with Crippen molar-refractivity contribution in [2.45, 2.75) is 31.8 Å². The molecule has 0 saturated carbocycles. The van der Waals surface area contributed by atoms with E-state index in [4.69, 9.17) is 4.74 Å². The summed E-state index contributed by atoms with van der Waals surface area (Å²) in [6, 6.07) is 13.2. The number of aryl methyl sites for hydroxylation is 1. The molecule has 6 nitrogen and oxygen atoms in total. The lowest BCUT2D eigenvalue weighted by Crippen LogP contribution is -2.27. The molecular weight excluding hydrogens is 352 g/mol. The van der Waals surface area contributed by atoms with E-state index in [0.29, 0.717) is 11.3 Å². The van der Waals surface area contributed by atoms with Gasteiger partial charge in [-0.15, -0.1) is 0 Å². The van der Waals surface area contributed by atoms with Crippen LogP contribution in [0.1, 0.15) is 25.0 Å². The molecule has 0 spiro atoms. The summed E-state index contributed by atoms with van der Waals surface area (Å²) in [5.41, 5.74) is 1.81. The Morgan fingerprint density at radius 3 is 2.38 bits per heavy atom. The zero-order valence-electron chi connectivity index (χ0n) is 14.6. The topological polar surface area (TPSA) is 85.2 Å². The lowest BCUT2D eigenvalue weighted by Gasteiger charge is -2.08. The zero-order chi connectivity index (χ0) is 18.9. The molecule has 0 atom stereocenters. The molecule has 2 aromatic rings. The van der Waals surface area contributed by atoms with Crippen molar-refractivity contribution in [3.63, 3.8) is 0 Å². The van der Waals surface area contributed by atoms with Crippen molar-refractivity contribution in [1.82, 2.24) is 0 Å². The number of para-hydroxylation sites is 1. The maximum absolute atomic E-state index is 12.7. The molecule has 1 aliphatic rings. The number of carbonyl (C=O) groups excluding carboxylic acids is 1. The van der Waals surface area contributed by atoms with Gasteiger partial charge in [-0.1, -0.05) is 35.9 Å². The van der Waals surface area contributed by atoms with Crippen LogP contribution in [0.4, 0.5) is 5.69 Å². The summed E-state index contributed by atoms with van der Waals surface area (Å²) in [4.78, 5) is 16.7. The summed E-state index contributed by atoms with van der Waals surface area (Å²) < 4.78 is 34.5. The first kappa shape index (κ1) is 18.0. The molecule has 0 amide bonds. The number of sulfonamides is 1. The highest BCUT2D eigenvalue weighted by molar-refractivity contribution is 7.90. The van der Waals surface area contributed by atoms with Crippen LogP contribution in [0.25, 0.3) is 0 Å². The number of nitrogens with zero attached hydrogens (tertiary/aromatic N) is 2. The van der Waals surface area contributed by atoms with Gasteiger partial charge in [0.15, 0.2) is 5.71 Å². The van der Waals surface area contributed by atoms with E-state index >= 15 is 0 Å². The van der Waals surface area contributed by atoms with Gasteiger partial charge >= 0.3 is 5.97 Å². The molecule has 0 saturated heterocycles. The molecule has 0 N–H and O–H groups in total. The number of benzene rings is 2. The van der Waals surface area contributed by atoms with Gasteiger partial charge in [0.25, 0.3) is 10.0 Å². The van der Waals surface area contributed by atoms with Gasteiger partial charge in [0.2, 0.25) is 0 Å². The van der Waals surface area contributed by atoms with Crippen molar-refractivity contribution in [3.8, 4) is 0 Å². The van der Waals surface area contributed by atoms with Crippen molar-refractivity contribution in [2.75, 3.05) is 0 Å². The van der Waals surface area contributed by atoms with Crippen LogP contribution >= 0.6 is 0 Å². The van der Waals surface area contributed by atoms with Crippen molar-refractivity contribution in [3.05, 3.63) is 59.7 Å². The van der Waals surface area contributed by atoms with Gasteiger partial charge in [-0.2, -0.15) is 12.8 Å². The summed E-state index contributed by atoms with van der Waals surface area (Å²) >= 11 is 0. The first-order valence-electron chi connectivity index (χ1n) is 8.09. The van der Waals surface area contributed by atoms with E-state index in [-0.39, 0.29) is 22.4 Å². The number of rotatable bonds is 4. The molecule has 3 rings (SSSR count). The minimum Gasteiger partial charge on any atom is -0.458 e. The standard InChI is InChI=1S/C19H18N2O4S/c1-12(2)25-19(22)18-17(15-6-4-5-7-16(15)20-18)21-26(23,24)14-10-8-13(3)9-11-14/h4-12H,1-3H3/b21-17+. The number of aliphatic imine (C=N–C) groups is 1. The molecule has 1 heterocycles. The number of esters is 1. The van der Waals surface area contributed by atoms with Crippen molar-refractivity contribution in [2.24, 2.45) is 9.39 Å². The predicted octanol–water partition coefficient (Wildman–Crippen LogP) is 3.21. The fourth-order valence-electron chi connectivity index (χ4n) is 2.46. The number of fused-ring (bicyclic) bond motifs is 1. The third-order valence-corrected chi connectivity index (χ3v) is 4.97. The van der Waals surface area contributed by atoms with E-state index in [0.717, 1.165) is 5.56 Å². The van der Waals surface area contributed by atoms with E-state index in [1.807, 2.05) is 6.92 Å². The van der Waals surface area contributed by atoms with Gasteiger partial charge in [-0.3, -0.25) is 0 Å². The average Bonchev–Trinajstić information content (AvgIpc) is 2.93. The maximum atomic E-state index is 12.7. The summed E-state index contributed by atoms with van der Waals surface area (Å²) in [5, 5.41) is 0. The average molecular weight is 370 g/mol. The number of carbonyl (C=O) groups is 1. The molecule has 0 aliphatic carbocycles. The van der Waals surface area contributed by atoms with Crippen LogP contribution in [0.15, 0.2) is 62.8 Å². The van der Waals surface area contributed by atoms with Gasteiger partial charge in [0, 0.05) is 5.56 Å². The van der Waals surface area contributed by atoms with Crippen LogP contribution in [0.3, 0.4) is 0 Å². The Hall–Kier alpha value is -2.80. The van der Waals surface area contributed by atoms with E-state index in [9.17, 15) is 13.2 Å². The monoisotopic (exact) mass is 370 g/mol. The van der Waals surface area contributed by atoms with Crippen LogP contribution in [-0.2, 0) is 19.6 Å². The first-order valence-corrected chi connectivity index (χ1v) is 9.53. The molecule has 0 radical (unpaired) electrons. The molecule has 0 fully saturated rings. The highest BCUT2D eigenvalue weighted by Gasteiger charge is 2.31. The third-order valence-electron chi connectivity index (χ3n) is 3.68. The lowest BCUT2D eigenvalue weighted by atomic mass is 10.1. The minimum absolute atomic E-state index is 0.00632. The van der Waals surface area contributed by atoms with Crippen LogP contribution in [0.5, 0.6) is 0 Å². The summed E-state index contributed by atoms with van der Waals surface area (Å²) in [6.45, 7) is 5.28. The molecule has 134 valence electrons. The van der Waals surface area contributed by atoms with E-state index in [2.05, 4.69) is 9.39 Å². The first-order chi connectivity index (χ1) is 12.3. The highest BCUT2D eigenvalue weighted by atomic mass is 32.2. The second-order valence-corrected chi connectivity index (χ2v) is 7.76. The van der Waals surface area contributed by atoms with E-state index in [1.54, 1.807) is 50.2 Å². The Kier molecular flexibility index (Phi) is 4.73. The molecule has 26 heavy (non-hydrogen) atoms. The summed E-state index contributed by atoms with van der Waals surface area (Å²) in [7, 11) is -4.00. The van der Waals surface area contributed by atoms with Crippen LogP contribution in [0.2, 0.25) is 0 Å². The fourth-order valence-corrected chi connectivity index (χ4v) is 3.47. The van der Waals surface area contributed by atoms with Crippen molar-refractivity contribution >= 4 is 33.1 Å². The molecule has 0 unspecified atom stereocenters. The van der Waals surface area contributed by atoms with Crippen LogP contribution < -0.4 is 0 Å². The maximum Gasteiger partial charge on any atom is 0.359 e. The Balaban J connectivity index is 2.10. The Bertz CT molecular complexity index is 1020. The van der Waals surface area contributed by atoms with Crippen molar-refractivity contribution in [1.29, 1.82) is 0 Å². The van der Waals surface area contributed by atoms with E-state index < -0.39 is 16.0 Å². The van der Waals surface area contributed by atoms with Crippen molar-refractivity contribution < 1.29 is 17.9 Å². The number of ether oxygens (including phenoxy) is 1. The largest absolute Gasteiger partial charge is 0.458 e. The highest BCUT2D eigenvalue weighted by Crippen LogP contribution is 2.28. The number of hydrogen-bond donors (Lipinski definition) is 0. The van der Waals surface area contributed by atoms with Gasteiger partial charge in [0.05, 0.1) is 16.7 Å². The SMILES string of the molecule is Cc1ccc(S(=O)(=O)/N=C2/C(C(=O)OC(C)C)=Nc3ccccc32)cc1. The fraction of sp³-hybridized carbons (Fsp3) is 0.211. The second kappa shape index (κ2) is 6.84. The quantitative estimate of drug-likeness (QED) is 0.774. The summed E-state index contributed by atoms with van der Waals surface area (Å²) in [6.07, 6.45) is -0.358. The van der Waals surface area contributed by atoms with Gasteiger partial charge < -0.3 is 4.74 Å². The van der Waals surface area contributed by atoms with Crippen LogP contribution in [0, 0.1) is 6.92 Å². The molecule has 0 bridgehead atoms. The normalized spacial score (nSPS) is 15.1. The second-order valence-electron chi connectivity index (χ2n) is 6.16. The Labute approximate surface area is 152 Å². The molecular formula is C19H18N2O4S. The predicted molar refractivity (Wildman–Crippen MR) is 99.7 cm³/mol. The number of hydrogen-bond acceptors (Lipinski definition) is 5. The Morgan fingerprint density at radius 2 is 1.73 bits per heavy atom. The molecule has 0 aromatic heterocycles. The lowest BCUT2D eigenvalue weighted by molar-refractivity contribution is -0.138. The van der Waals surface area contributed by atoms with Gasteiger partial charge in [-0.05, 0) is 39.0 Å². The van der Waals surface area contributed by atoms with Crippen LogP contribution in [-0.4, -0.2) is 31.9 Å². The van der Waals surface area contributed by atoms with Gasteiger partial charge in [0.1, 0.15) is 5.71 Å². The molecule has 2 aromatic carbocycles. The molecule has 7 heteroatoms. The molecule has 1 aliphatic heterocycles. The summed E-state index contributed by atoms with van der Waals surface area (Å²) in [5.74, 6) is -0.700. The van der Waals surface area contributed by atoms with E-state index in [1.165, 1.54) is 12.1 Å². The third kappa shape index (κ3) is 3.57. The Morgan fingerprint density at radius 1 is 1.08 bits per heavy atom. The zero-order valence-corrected chi connectivity index (χ0v) is 15.4. The minimum atomic E-state index is -4.00.